The van der Waals surface area contributed by atoms with Crippen molar-refractivity contribution in [2.75, 3.05) is 23.5 Å². The Labute approximate surface area is 203 Å². The molecule has 9 nitrogen and oxygen atoms in total. The van der Waals surface area contributed by atoms with E-state index in [1.807, 2.05) is 20.8 Å². The highest BCUT2D eigenvalue weighted by Gasteiger charge is 2.14. The molecule has 1 heterocycles. The number of nitrogens with zero attached hydrogens (tertiary/aromatic N) is 3. The van der Waals surface area contributed by atoms with Crippen molar-refractivity contribution in [2.45, 2.75) is 26.3 Å². The largest absolute Gasteiger partial charge is 0.497 e. The van der Waals surface area contributed by atoms with E-state index in [-0.39, 0.29) is 17.3 Å². The van der Waals surface area contributed by atoms with E-state index < -0.39 is 17.4 Å². The lowest BCUT2D eigenvalue weighted by molar-refractivity contribution is 0.262. The summed E-state index contributed by atoms with van der Waals surface area (Å²) in [5, 5.41) is 5.33. The number of urea groups is 1. The molecule has 0 fully saturated rings. The number of amides is 2. The van der Waals surface area contributed by atoms with Gasteiger partial charge in [-0.1, -0.05) is 0 Å². The van der Waals surface area contributed by atoms with Gasteiger partial charge < -0.3 is 26.8 Å². The maximum Gasteiger partial charge on any atom is 0.323 e. The lowest BCUT2D eigenvalue weighted by atomic mass is 10.0. The number of allylic oxidation sites excluding steroid dienone is 1. The van der Waals surface area contributed by atoms with E-state index in [0.29, 0.717) is 28.3 Å². The van der Waals surface area contributed by atoms with Gasteiger partial charge in [0, 0.05) is 29.4 Å². The van der Waals surface area contributed by atoms with Crippen LogP contribution in [0.25, 0.3) is 11.3 Å². The smallest absolute Gasteiger partial charge is 0.323 e. The number of carbonyl (C=O) groups excluding carboxylic acids is 1. The number of ether oxygens (including phenoxy) is 1. The molecule has 2 amide bonds. The molecule has 0 aliphatic carbocycles. The molecule has 3 aromatic rings. The van der Waals surface area contributed by atoms with Crippen LogP contribution in [0.15, 0.2) is 59.7 Å². The molecule has 1 aromatic heterocycles. The summed E-state index contributed by atoms with van der Waals surface area (Å²) in [5.74, 6) is 0.137. The van der Waals surface area contributed by atoms with E-state index in [1.165, 1.54) is 18.3 Å². The fraction of sp³-hybridized carbons (Fsp3) is 0.200. The summed E-state index contributed by atoms with van der Waals surface area (Å²) in [6.45, 7) is 5.76. The minimum absolute atomic E-state index is 0.0503. The summed E-state index contributed by atoms with van der Waals surface area (Å²) in [4.78, 5) is 25.1. The van der Waals surface area contributed by atoms with Crippen molar-refractivity contribution in [3.8, 4) is 5.75 Å². The third kappa shape index (κ3) is 7.26. The standard InChI is InChI=1S/C25H28FN7O2/c1-25(2,3)30-14-20(22(27)21-9-10-29-23(28)33-21)15-11-16(26)13-18(12-15)32-24(34)31-17-5-7-19(35-4)8-6-17/h5-14H,27H2,1-4H3,(H2,28,29,33)(H2,31,32,34). The number of hydrogen-bond acceptors (Lipinski definition) is 7. The highest BCUT2D eigenvalue weighted by atomic mass is 19.1. The molecule has 0 aliphatic rings. The zero-order valence-electron chi connectivity index (χ0n) is 20.0. The molecule has 10 heteroatoms. The third-order valence-corrected chi connectivity index (χ3v) is 4.64. The van der Waals surface area contributed by atoms with Crippen molar-refractivity contribution in [3.05, 3.63) is 71.8 Å². The van der Waals surface area contributed by atoms with Crippen LogP contribution in [0.3, 0.4) is 0 Å². The van der Waals surface area contributed by atoms with E-state index in [1.54, 1.807) is 49.7 Å². The molecule has 35 heavy (non-hydrogen) atoms. The zero-order valence-corrected chi connectivity index (χ0v) is 20.0. The SMILES string of the molecule is COc1ccc(NC(=O)Nc2cc(F)cc(C(C=NC(C)(C)C)=C(N)c3ccnc(N)n3)c2)cc1. The van der Waals surface area contributed by atoms with Gasteiger partial charge in [0.25, 0.3) is 0 Å². The molecule has 6 N–H and O–H groups in total. The van der Waals surface area contributed by atoms with Gasteiger partial charge in [-0.15, -0.1) is 0 Å². The number of aromatic nitrogens is 2. The molecule has 0 saturated carbocycles. The Hall–Kier alpha value is -4.47. The Bertz CT molecular complexity index is 1270. The van der Waals surface area contributed by atoms with Gasteiger partial charge in [0.15, 0.2) is 0 Å². The molecule has 0 bridgehead atoms. The van der Waals surface area contributed by atoms with Crippen molar-refractivity contribution in [1.82, 2.24) is 9.97 Å². The van der Waals surface area contributed by atoms with Crippen LogP contribution < -0.4 is 26.8 Å². The number of nitrogens with one attached hydrogen (secondary N) is 2. The Morgan fingerprint density at radius 3 is 2.40 bits per heavy atom. The monoisotopic (exact) mass is 477 g/mol. The van der Waals surface area contributed by atoms with E-state index in [0.717, 1.165) is 0 Å². The van der Waals surface area contributed by atoms with E-state index in [2.05, 4.69) is 25.6 Å². The van der Waals surface area contributed by atoms with Gasteiger partial charge in [0.2, 0.25) is 5.95 Å². The van der Waals surface area contributed by atoms with Gasteiger partial charge in [-0.25, -0.2) is 19.2 Å². The number of anilines is 3. The summed E-state index contributed by atoms with van der Waals surface area (Å²) >= 11 is 0. The first-order chi connectivity index (χ1) is 16.5. The molecular formula is C25H28FN7O2. The second kappa shape index (κ2) is 10.6. The van der Waals surface area contributed by atoms with Crippen LogP contribution in [0.5, 0.6) is 5.75 Å². The topological polar surface area (TPSA) is 141 Å². The number of aliphatic imine (C=N–C) groups is 1. The van der Waals surface area contributed by atoms with Crippen molar-refractivity contribution < 1.29 is 13.9 Å². The number of methoxy groups -OCH3 is 1. The van der Waals surface area contributed by atoms with E-state index in [4.69, 9.17) is 16.2 Å². The molecule has 0 unspecified atom stereocenters. The Balaban J connectivity index is 1.95. The first-order valence-electron chi connectivity index (χ1n) is 10.7. The highest BCUT2D eigenvalue weighted by molar-refractivity contribution is 6.19. The highest BCUT2D eigenvalue weighted by Crippen LogP contribution is 2.26. The van der Waals surface area contributed by atoms with Gasteiger partial charge in [0.05, 0.1) is 24.0 Å². The number of rotatable bonds is 6. The number of hydrogen-bond donors (Lipinski definition) is 4. The molecule has 2 aromatic carbocycles. The van der Waals surface area contributed by atoms with Crippen LogP contribution >= 0.6 is 0 Å². The molecule has 0 atom stereocenters. The van der Waals surface area contributed by atoms with Gasteiger partial charge in [-0.3, -0.25) is 4.99 Å². The maximum absolute atomic E-state index is 14.6. The van der Waals surface area contributed by atoms with Crippen LogP contribution in [0.1, 0.15) is 32.0 Å². The molecule has 0 spiro atoms. The van der Waals surface area contributed by atoms with E-state index >= 15 is 0 Å². The van der Waals surface area contributed by atoms with Gasteiger partial charge in [-0.2, -0.15) is 0 Å². The number of benzene rings is 2. The lowest BCUT2D eigenvalue weighted by Gasteiger charge is -2.15. The minimum atomic E-state index is -0.570. The third-order valence-electron chi connectivity index (χ3n) is 4.64. The number of carbonyl (C=O) groups is 1. The van der Waals surface area contributed by atoms with Gasteiger partial charge in [0.1, 0.15) is 11.6 Å². The second-order valence-electron chi connectivity index (χ2n) is 8.59. The van der Waals surface area contributed by atoms with Crippen molar-refractivity contribution >= 4 is 40.8 Å². The van der Waals surface area contributed by atoms with Crippen molar-refractivity contribution in [3.63, 3.8) is 0 Å². The van der Waals surface area contributed by atoms with Crippen molar-refractivity contribution in [1.29, 1.82) is 0 Å². The summed E-state index contributed by atoms with van der Waals surface area (Å²) in [6, 6.07) is 11.9. The summed E-state index contributed by atoms with van der Waals surface area (Å²) in [6.07, 6.45) is 3.04. The minimum Gasteiger partial charge on any atom is -0.497 e. The summed E-state index contributed by atoms with van der Waals surface area (Å²) in [7, 11) is 1.55. The van der Waals surface area contributed by atoms with Crippen LogP contribution in [-0.4, -0.2) is 34.9 Å². The summed E-state index contributed by atoms with van der Waals surface area (Å²) in [5.41, 5.74) is 13.9. The number of nitrogens with two attached hydrogens (primary N) is 2. The lowest BCUT2D eigenvalue weighted by Crippen LogP contribution is -2.19. The van der Waals surface area contributed by atoms with E-state index in [9.17, 15) is 9.18 Å². The Morgan fingerprint density at radius 1 is 1.09 bits per heavy atom. The number of halogens is 1. The second-order valence-corrected chi connectivity index (χ2v) is 8.59. The average Bonchev–Trinajstić information content (AvgIpc) is 2.78. The molecule has 0 aliphatic heterocycles. The van der Waals surface area contributed by atoms with Gasteiger partial charge in [-0.05, 0) is 74.9 Å². The fourth-order valence-corrected chi connectivity index (χ4v) is 3.00. The fourth-order valence-electron chi connectivity index (χ4n) is 3.00. The molecule has 182 valence electrons. The Kier molecular flexibility index (Phi) is 7.65. The predicted octanol–water partition coefficient (Wildman–Crippen LogP) is 4.55. The maximum atomic E-state index is 14.6. The van der Waals surface area contributed by atoms with Crippen LogP contribution in [0.2, 0.25) is 0 Å². The van der Waals surface area contributed by atoms with Crippen LogP contribution in [0, 0.1) is 5.82 Å². The molecule has 3 rings (SSSR count). The Morgan fingerprint density at radius 2 is 1.77 bits per heavy atom. The molecule has 0 radical (unpaired) electrons. The van der Waals surface area contributed by atoms with Gasteiger partial charge >= 0.3 is 6.03 Å². The predicted molar refractivity (Wildman–Crippen MR) is 138 cm³/mol. The molecular weight excluding hydrogens is 449 g/mol. The summed E-state index contributed by atoms with van der Waals surface area (Å²) < 4.78 is 19.7. The quantitative estimate of drug-likeness (QED) is 0.384. The van der Waals surface area contributed by atoms with Crippen LogP contribution in [-0.2, 0) is 0 Å². The number of nitrogen functional groups attached to an aromatic ring is 1. The first kappa shape index (κ1) is 25.2. The zero-order chi connectivity index (χ0) is 25.6. The average molecular weight is 478 g/mol. The molecule has 0 saturated heterocycles. The van der Waals surface area contributed by atoms with Crippen LogP contribution in [0.4, 0.5) is 26.5 Å². The first-order valence-corrected chi connectivity index (χ1v) is 10.7. The normalized spacial score (nSPS) is 12.3. The van der Waals surface area contributed by atoms with Crippen molar-refractivity contribution in [2.24, 2.45) is 10.7 Å².